The van der Waals surface area contributed by atoms with Crippen LogP contribution in [0.3, 0.4) is 0 Å². The van der Waals surface area contributed by atoms with E-state index in [4.69, 9.17) is 0 Å². The van der Waals surface area contributed by atoms with Crippen molar-refractivity contribution in [1.82, 2.24) is 5.32 Å². The quantitative estimate of drug-likeness (QED) is 0.827. The van der Waals surface area contributed by atoms with Crippen LogP contribution >= 0.6 is 0 Å². The van der Waals surface area contributed by atoms with Gasteiger partial charge in [-0.25, -0.2) is 0 Å². The SMILES string of the molecule is [CH3][Sn]([CH3])([CH3])[CH2]C1CNCc2ccccc21. The van der Waals surface area contributed by atoms with Crippen molar-refractivity contribution in [2.24, 2.45) is 0 Å². The molecule has 0 saturated carbocycles. The van der Waals surface area contributed by atoms with Gasteiger partial charge in [0.25, 0.3) is 0 Å². The van der Waals surface area contributed by atoms with Crippen molar-refractivity contribution in [3.8, 4) is 0 Å². The van der Waals surface area contributed by atoms with Crippen LogP contribution in [0.1, 0.15) is 17.0 Å². The molecule has 0 aromatic heterocycles. The predicted octanol–water partition coefficient (Wildman–Crippen LogP) is 3.21. The first kappa shape index (κ1) is 11.5. The molecule has 0 aliphatic carbocycles. The van der Waals surface area contributed by atoms with Gasteiger partial charge < -0.3 is 0 Å². The summed E-state index contributed by atoms with van der Waals surface area (Å²) in [7, 11) is 0. The third-order valence-corrected chi connectivity index (χ3v) is 7.96. The van der Waals surface area contributed by atoms with Gasteiger partial charge in [0.15, 0.2) is 0 Å². The number of hydrogen-bond donors (Lipinski definition) is 1. The number of benzene rings is 1. The van der Waals surface area contributed by atoms with Crippen LogP contribution in [0.2, 0.25) is 19.3 Å². The molecule has 1 aromatic carbocycles. The van der Waals surface area contributed by atoms with Crippen LogP contribution in [0.5, 0.6) is 0 Å². The molecular weight excluding hydrogens is 289 g/mol. The van der Waals surface area contributed by atoms with Crippen molar-refractivity contribution in [2.75, 3.05) is 6.54 Å². The summed E-state index contributed by atoms with van der Waals surface area (Å²) in [6.45, 7) is 2.25. The van der Waals surface area contributed by atoms with Gasteiger partial charge in [0.1, 0.15) is 0 Å². The number of fused-ring (bicyclic) bond motifs is 1. The molecule has 15 heavy (non-hydrogen) atoms. The van der Waals surface area contributed by atoms with Gasteiger partial charge in [-0.05, 0) is 0 Å². The average Bonchev–Trinajstić information content (AvgIpc) is 2.16. The number of nitrogens with one attached hydrogen (secondary N) is 1. The van der Waals surface area contributed by atoms with E-state index in [9.17, 15) is 0 Å². The summed E-state index contributed by atoms with van der Waals surface area (Å²) in [4.78, 5) is 7.60. The first-order chi connectivity index (χ1) is 7.06. The summed E-state index contributed by atoms with van der Waals surface area (Å²) in [6.07, 6.45) is 0. The average molecular weight is 310 g/mol. The van der Waals surface area contributed by atoms with Gasteiger partial charge in [0.05, 0.1) is 0 Å². The fourth-order valence-corrected chi connectivity index (χ4v) is 7.76. The Hall–Kier alpha value is -0.0213. The molecule has 1 unspecified atom stereocenters. The molecule has 1 N–H and O–H groups in total. The summed E-state index contributed by atoms with van der Waals surface area (Å²) < 4.78 is 1.47. The van der Waals surface area contributed by atoms with Gasteiger partial charge in [-0.1, -0.05) is 0 Å². The second-order valence-electron chi connectivity index (χ2n) is 5.79. The van der Waals surface area contributed by atoms with Gasteiger partial charge >= 0.3 is 97.3 Å². The summed E-state index contributed by atoms with van der Waals surface area (Å²) in [5.74, 6) is 0.783. The van der Waals surface area contributed by atoms with Crippen molar-refractivity contribution in [3.63, 3.8) is 0 Å². The molecule has 2 heteroatoms. The third-order valence-electron chi connectivity index (χ3n) is 3.06. The zero-order valence-corrected chi connectivity index (χ0v) is 12.9. The molecule has 1 aromatic rings. The van der Waals surface area contributed by atoms with Crippen LogP contribution in [-0.2, 0) is 6.54 Å². The summed E-state index contributed by atoms with van der Waals surface area (Å²) >= 11 is -1.65. The molecule has 1 aliphatic rings. The molecule has 0 fully saturated rings. The van der Waals surface area contributed by atoms with Gasteiger partial charge in [0, 0.05) is 0 Å². The van der Waals surface area contributed by atoms with Crippen LogP contribution < -0.4 is 5.32 Å². The van der Waals surface area contributed by atoms with Gasteiger partial charge in [-0.3, -0.25) is 0 Å². The Morgan fingerprint density at radius 1 is 1.27 bits per heavy atom. The molecule has 2 rings (SSSR count). The molecule has 1 heterocycles. The van der Waals surface area contributed by atoms with E-state index >= 15 is 0 Å². The minimum atomic E-state index is -1.65. The molecule has 82 valence electrons. The zero-order chi connectivity index (χ0) is 10.9. The van der Waals surface area contributed by atoms with Gasteiger partial charge in [0.2, 0.25) is 0 Å². The zero-order valence-electron chi connectivity index (χ0n) is 10.0. The normalized spacial score (nSPS) is 21.1. The Balaban J connectivity index is 2.22. The maximum atomic E-state index is 3.55. The molecule has 0 amide bonds. The van der Waals surface area contributed by atoms with E-state index in [0.29, 0.717) is 0 Å². The fraction of sp³-hybridized carbons (Fsp3) is 0.538. The van der Waals surface area contributed by atoms with E-state index in [-0.39, 0.29) is 0 Å². The molecule has 1 aliphatic heterocycles. The van der Waals surface area contributed by atoms with E-state index in [1.54, 1.807) is 5.56 Å². The Bertz CT molecular complexity index is 341. The van der Waals surface area contributed by atoms with Crippen LogP contribution in [-0.4, -0.2) is 24.9 Å². The maximum absolute atomic E-state index is 3.55. The molecule has 1 atom stereocenters. The van der Waals surface area contributed by atoms with E-state index in [1.165, 1.54) is 16.5 Å². The fourth-order valence-electron chi connectivity index (χ4n) is 2.51. The van der Waals surface area contributed by atoms with Crippen molar-refractivity contribution in [3.05, 3.63) is 35.4 Å². The number of hydrogen-bond acceptors (Lipinski definition) is 1. The second-order valence-corrected chi connectivity index (χ2v) is 21.6. The van der Waals surface area contributed by atoms with Crippen LogP contribution in [0.25, 0.3) is 0 Å². The first-order valence-electron chi connectivity index (χ1n) is 5.85. The second kappa shape index (κ2) is 4.46. The Labute approximate surface area is 97.1 Å². The predicted molar refractivity (Wildman–Crippen MR) is 69.0 cm³/mol. The molecule has 0 bridgehead atoms. The molecule has 0 spiro atoms. The van der Waals surface area contributed by atoms with E-state index in [1.807, 2.05) is 0 Å². The Morgan fingerprint density at radius 3 is 2.73 bits per heavy atom. The topological polar surface area (TPSA) is 12.0 Å². The summed E-state index contributed by atoms with van der Waals surface area (Å²) in [6, 6.07) is 8.95. The van der Waals surface area contributed by atoms with Crippen LogP contribution in [0.15, 0.2) is 24.3 Å². The number of rotatable bonds is 2. The standard InChI is InChI=1S/C10H12N.3CH3.Sn/c1-8-6-11-7-9-4-2-3-5-10(8)9;;;;/h2-5,8,11H,1,6-7H2;3*1H3;. The molecule has 0 saturated heterocycles. The van der Waals surface area contributed by atoms with Crippen molar-refractivity contribution in [2.45, 2.75) is 31.7 Å². The van der Waals surface area contributed by atoms with Gasteiger partial charge in [-0.2, -0.15) is 0 Å². The van der Waals surface area contributed by atoms with E-state index in [0.717, 1.165) is 12.5 Å². The van der Waals surface area contributed by atoms with Crippen LogP contribution in [0, 0.1) is 0 Å². The Kier molecular flexibility index (Phi) is 3.41. The molecular formula is C13H21NSn. The van der Waals surface area contributed by atoms with Crippen LogP contribution in [0.4, 0.5) is 0 Å². The van der Waals surface area contributed by atoms with E-state index < -0.39 is 18.4 Å². The first-order valence-corrected chi connectivity index (χ1v) is 16.4. The minimum absolute atomic E-state index is 0.783. The Morgan fingerprint density at radius 2 is 2.00 bits per heavy atom. The monoisotopic (exact) mass is 311 g/mol. The third kappa shape index (κ3) is 2.97. The molecule has 0 radical (unpaired) electrons. The van der Waals surface area contributed by atoms with Gasteiger partial charge in [-0.15, -0.1) is 0 Å². The van der Waals surface area contributed by atoms with Crippen molar-refractivity contribution < 1.29 is 0 Å². The van der Waals surface area contributed by atoms with Crippen molar-refractivity contribution >= 4 is 18.4 Å². The summed E-state index contributed by atoms with van der Waals surface area (Å²) in [5.41, 5.74) is 3.13. The molecule has 1 nitrogen and oxygen atoms in total. The summed E-state index contributed by atoms with van der Waals surface area (Å²) in [5, 5.41) is 3.55. The van der Waals surface area contributed by atoms with E-state index in [2.05, 4.69) is 44.4 Å². The van der Waals surface area contributed by atoms with Crippen molar-refractivity contribution in [1.29, 1.82) is 0 Å².